The van der Waals surface area contributed by atoms with Crippen LogP contribution in [0.4, 0.5) is 0 Å². The zero-order valence-electron chi connectivity index (χ0n) is 15.4. The summed E-state index contributed by atoms with van der Waals surface area (Å²) in [6.07, 6.45) is 5.03. The van der Waals surface area contributed by atoms with Crippen molar-refractivity contribution in [3.63, 3.8) is 0 Å². The highest BCUT2D eigenvalue weighted by molar-refractivity contribution is 5.53. The Bertz CT molecular complexity index is 944. The minimum atomic E-state index is -0.699. The maximum Gasteiger partial charge on any atom is 0.152 e. The third kappa shape index (κ3) is 3.04. The molecule has 0 saturated carbocycles. The molecule has 0 aliphatic carbocycles. The van der Waals surface area contributed by atoms with Gasteiger partial charge in [0.1, 0.15) is 11.9 Å². The maximum atomic E-state index is 9.27. The lowest BCUT2D eigenvalue weighted by Crippen LogP contribution is -2.39. The molecule has 4 rings (SSSR count). The predicted octanol–water partition coefficient (Wildman–Crippen LogP) is 4.12. The predicted molar refractivity (Wildman–Crippen MR) is 111 cm³/mol. The maximum absolute atomic E-state index is 9.27. The molecule has 0 aliphatic rings. The van der Waals surface area contributed by atoms with Crippen molar-refractivity contribution in [1.82, 2.24) is 14.8 Å². The summed E-state index contributed by atoms with van der Waals surface area (Å²) >= 11 is 0. The molecule has 0 aliphatic heterocycles. The molecule has 0 atom stereocenters. The van der Waals surface area contributed by atoms with Gasteiger partial charge < -0.3 is 5.11 Å². The summed E-state index contributed by atoms with van der Waals surface area (Å²) in [6.45, 7) is -0.0537. The van der Waals surface area contributed by atoms with Crippen molar-refractivity contribution in [2.24, 2.45) is 0 Å². The molecule has 1 heterocycles. The normalized spacial score (nSPS) is 11.8. The number of aliphatic hydroxyl groups excluding tert-OH is 1. The fourth-order valence-electron chi connectivity index (χ4n) is 3.69. The first kappa shape index (κ1) is 17.9. The highest BCUT2D eigenvalue weighted by Crippen LogP contribution is 2.40. The Morgan fingerprint density at radius 2 is 1.21 bits per heavy atom. The van der Waals surface area contributed by atoms with E-state index in [1.807, 2.05) is 59.3 Å². The molecule has 0 fully saturated rings. The molecule has 1 N–H and O–H groups in total. The lowest BCUT2D eigenvalue weighted by Gasteiger charge is -2.36. The molecule has 4 aromatic rings. The van der Waals surface area contributed by atoms with Crippen LogP contribution in [0, 0.1) is 0 Å². The van der Waals surface area contributed by atoms with Gasteiger partial charge in [0.2, 0.25) is 0 Å². The molecular weight excluding hydrogens is 346 g/mol. The lowest BCUT2D eigenvalue weighted by molar-refractivity contribution is 0.343. The number of aromatic nitrogens is 3. The number of benzene rings is 3. The smallest absolute Gasteiger partial charge is 0.152 e. The Labute approximate surface area is 164 Å². The van der Waals surface area contributed by atoms with E-state index in [1.54, 1.807) is 18.5 Å². The number of rotatable bonds is 6. The lowest BCUT2D eigenvalue weighted by atomic mass is 9.77. The minimum Gasteiger partial charge on any atom is -0.392 e. The standard InChI is InChI=1S/C24H21N3O/c28-18-10-17-23-25-19-26-27(23)24(20-11-4-1-5-12-20,21-13-6-2-7-14-21)22-15-8-3-9-16-22/h1-17,19,28H,18H2/b17-10+. The van der Waals surface area contributed by atoms with Crippen molar-refractivity contribution in [2.45, 2.75) is 5.54 Å². The van der Waals surface area contributed by atoms with Crippen molar-refractivity contribution in [1.29, 1.82) is 0 Å². The second kappa shape index (κ2) is 8.03. The quantitative estimate of drug-likeness (QED) is 0.522. The van der Waals surface area contributed by atoms with Gasteiger partial charge in [0.25, 0.3) is 0 Å². The van der Waals surface area contributed by atoms with E-state index >= 15 is 0 Å². The van der Waals surface area contributed by atoms with Crippen LogP contribution in [-0.4, -0.2) is 26.5 Å². The fourth-order valence-corrected chi connectivity index (χ4v) is 3.69. The molecule has 4 heteroatoms. The summed E-state index contributed by atoms with van der Waals surface area (Å²) in [6, 6.07) is 30.9. The van der Waals surface area contributed by atoms with Crippen LogP contribution in [0.5, 0.6) is 0 Å². The largest absolute Gasteiger partial charge is 0.392 e. The van der Waals surface area contributed by atoms with Crippen molar-refractivity contribution < 1.29 is 5.11 Å². The van der Waals surface area contributed by atoms with Crippen LogP contribution in [0.1, 0.15) is 22.5 Å². The summed E-state index contributed by atoms with van der Waals surface area (Å²) in [5.41, 5.74) is 2.54. The van der Waals surface area contributed by atoms with Crippen molar-refractivity contribution in [2.75, 3.05) is 6.61 Å². The first-order valence-electron chi connectivity index (χ1n) is 9.22. The molecule has 4 nitrogen and oxygen atoms in total. The van der Waals surface area contributed by atoms with E-state index in [1.165, 1.54) is 0 Å². The monoisotopic (exact) mass is 367 g/mol. The molecule has 0 unspecified atom stereocenters. The average molecular weight is 367 g/mol. The van der Waals surface area contributed by atoms with Gasteiger partial charge in [0, 0.05) is 0 Å². The van der Waals surface area contributed by atoms with E-state index < -0.39 is 5.54 Å². The summed E-state index contributed by atoms with van der Waals surface area (Å²) in [4.78, 5) is 4.45. The molecule has 3 aromatic carbocycles. The molecule has 0 bridgehead atoms. The SMILES string of the molecule is OC/C=C/c1ncnn1C(c1ccccc1)(c1ccccc1)c1ccccc1. The summed E-state index contributed by atoms with van der Waals surface area (Å²) in [5.74, 6) is 0.672. The molecule has 1 aromatic heterocycles. The molecule has 0 saturated heterocycles. The second-order valence-electron chi connectivity index (χ2n) is 6.42. The van der Waals surface area contributed by atoms with Gasteiger partial charge in [-0.1, -0.05) is 97.1 Å². The van der Waals surface area contributed by atoms with Crippen LogP contribution in [0.2, 0.25) is 0 Å². The Hall–Kier alpha value is -3.50. The van der Waals surface area contributed by atoms with E-state index in [0.29, 0.717) is 5.82 Å². The summed E-state index contributed by atoms with van der Waals surface area (Å²) in [5, 5.41) is 13.9. The first-order chi connectivity index (χ1) is 13.9. The zero-order valence-corrected chi connectivity index (χ0v) is 15.4. The minimum absolute atomic E-state index is 0.0537. The number of hydrogen-bond acceptors (Lipinski definition) is 3. The molecule has 0 radical (unpaired) electrons. The van der Waals surface area contributed by atoms with Crippen LogP contribution in [0.25, 0.3) is 6.08 Å². The van der Waals surface area contributed by atoms with E-state index in [4.69, 9.17) is 0 Å². The van der Waals surface area contributed by atoms with Gasteiger partial charge >= 0.3 is 0 Å². The van der Waals surface area contributed by atoms with Gasteiger partial charge in [-0.2, -0.15) is 5.10 Å². The van der Waals surface area contributed by atoms with E-state index in [9.17, 15) is 5.11 Å². The number of hydrogen-bond donors (Lipinski definition) is 1. The third-order valence-corrected chi connectivity index (χ3v) is 4.84. The Morgan fingerprint density at radius 1 is 0.750 bits per heavy atom. The molecular formula is C24H21N3O. The summed E-state index contributed by atoms with van der Waals surface area (Å²) in [7, 11) is 0. The van der Waals surface area contributed by atoms with Crippen LogP contribution < -0.4 is 0 Å². The second-order valence-corrected chi connectivity index (χ2v) is 6.42. The molecule has 0 amide bonds. The van der Waals surface area contributed by atoms with Crippen LogP contribution >= 0.6 is 0 Å². The van der Waals surface area contributed by atoms with Crippen LogP contribution in [0.3, 0.4) is 0 Å². The van der Waals surface area contributed by atoms with Crippen LogP contribution in [0.15, 0.2) is 103 Å². The highest BCUT2D eigenvalue weighted by atomic mass is 16.2. The van der Waals surface area contributed by atoms with E-state index in [-0.39, 0.29) is 6.61 Å². The van der Waals surface area contributed by atoms with Gasteiger partial charge in [0.05, 0.1) is 6.61 Å². The van der Waals surface area contributed by atoms with E-state index in [0.717, 1.165) is 16.7 Å². The van der Waals surface area contributed by atoms with E-state index in [2.05, 4.69) is 46.5 Å². The van der Waals surface area contributed by atoms with Gasteiger partial charge in [-0.05, 0) is 22.8 Å². The van der Waals surface area contributed by atoms with Gasteiger partial charge in [-0.15, -0.1) is 0 Å². The molecule has 0 spiro atoms. The number of nitrogens with zero attached hydrogens (tertiary/aromatic N) is 3. The van der Waals surface area contributed by atoms with Crippen molar-refractivity contribution in [3.05, 3.63) is 126 Å². The Balaban J connectivity index is 2.11. The molecule has 28 heavy (non-hydrogen) atoms. The highest BCUT2D eigenvalue weighted by Gasteiger charge is 2.40. The summed E-state index contributed by atoms with van der Waals surface area (Å²) < 4.78 is 1.93. The fraction of sp³-hybridized carbons (Fsp3) is 0.0833. The Morgan fingerprint density at radius 3 is 1.64 bits per heavy atom. The van der Waals surface area contributed by atoms with Crippen molar-refractivity contribution in [3.8, 4) is 0 Å². The van der Waals surface area contributed by atoms with Gasteiger partial charge in [-0.25, -0.2) is 9.67 Å². The topological polar surface area (TPSA) is 50.9 Å². The zero-order chi connectivity index (χ0) is 19.2. The van der Waals surface area contributed by atoms with Gasteiger partial charge in [0.15, 0.2) is 5.82 Å². The Kier molecular flexibility index (Phi) is 5.13. The molecule has 138 valence electrons. The van der Waals surface area contributed by atoms with Crippen molar-refractivity contribution >= 4 is 6.08 Å². The van der Waals surface area contributed by atoms with Crippen LogP contribution in [-0.2, 0) is 5.54 Å². The third-order valence-electron chi connectivity index (χ3n) is 4.84. The van der Waals surface area contributed by atoms with Gasteiger partial charge in [-0.3, -0.25) is 0 Å². The first-order valence-corrected chi connectivity index (χ1v) is 9.22. The number of aliphatic hydroxyl groups is 1. The average Bonchev–Trinajstić information content (AvgIpc) is 3.24.